The number of nitrogens with zero attached hydrogens (tertiary/aromatic N) is 5. The lowest BCUT2D eigenvalue weighted by Crippen LogP contribution is -2.31. The molecule has 1 aliphatic carbocycles. The van der Waals surface area contributed by atoms with Crippen molar-refractivity contribution in [2.45, 2.75) is 31.7 Å². The maximum Gasteiger partial charge on any atom is 0.100 e. The topological polar surface area (TPSA) is 66.5 Å². The highest BCUT2D eigenvalue weighted by Gasteiger charge is 2.24. The van der Waals surface area contributed by atoms with Crippen LogP contribution in [0.15, 0.2) is 54.1 Å². The van der Waals surface area contributed by atoms with E-state index in [9.17, 15) is 5.21 Å². The van der Waals surface area contributed by atoms with Crippen molar-refractivity contribution in [3.05, 3.63) is 60.0 Å². The average Bonchev–Trinajstić information content (AvgIpc) is 3.39. The lowest BCUT2D eigenvalue weighted by molar-refractivity contribution is 0.212. The Labute approximate surface area is 170 Å². The summed E-state index contributed by atoms with van der Waals surface area (Å²) in [6, 6.07) is 10.9. The monoisotopic (exact) mass is 387 g/mol. The lowest BCUT2D eigenvalue weighted by atomic mass is 9.98. The summed E-state index contributed by atoms with van der Waals surface area (Å²) in [6.07, 6.45) is 9.80. The number of hydrogen-bond acceptors (Lipinski definition) is 5. The van der Waals surface area contributed by atoms with E-state index >= 15 is 0 Å². The van der Waals surface area contributed by atoms with Crippen LogP contribution in [0.25, 0.3) is 22.4 Å². The maximum atomic E-state index is 9.22. The Morgan fingerprint density at radius 1 is 1.00 bits per heavy atom. The van der Waals surface area contributed by atoms with Crippen LogP contribution in [-0.4, -0.2) is 50.7 Å². The molecule has 0 bridgehead atoms. The Kier molecular flexibility index (Phi) is 4.64. The van der Waals surface area contributed by atoms with Gasteiger partial charge >= 0.3 is 0 Å². The third kappa shape index (κ3) is 3.34. The molecule has 1 aliphatic heterocycles. The molecule has 2 aliphatic rings. The second-order valence-electron chi connectivity index (χ2n) is 8.06. The standard InChI is InChI=1S/C23H25N5O/c1-27-12-8-19(9-13-27)28-15-21(23(25-28)16-6-10-24-11-7-16)18-2-4-20-17(14-18)3-5-22(20)26-29/h2,4,6-7,10-11,14-15,19,29H,3,5,8-9,12-13H2,1H3. The van der Waals surface area contributed by atoms with Crippen LogP contribution in [0.2, 0.25) is 0 Å². The fourth-order valence-electron chi connectivity index (χ4n) is 4.51. The van der Waals surface area contributed by atoms with Crippen LogP contribution in [0.5, 0.6) is 0 Å². The van der Waals surface area contributed by atoms with Crippen LogP contribution in [0, 0.1) is 0 Å². The van der Waals surface area contributed by atoms with Gasteiger partial charge in [-0.1, -0.05) is 23.4 Å². The highest BCUT2D eigenvalue weighted by Crippen LogP contribution is 2.36. The largest absolute Gasteiger partial charge is 0.411 e. The zero-order valence-corrected chi connectivity index (χ0v) is 16.6. The van der Waals surface area contributed by atoms with Gasteiger partial charge in [-0.15, -0.1) is 0 Å². The molecule has 6 heteroatoms. The minimum absolute atomic E-state index is 0.433. The molecule has 3 heterocycles. The molecule has 0 radical (unpaired) electrons. The summed E-state index contributed by atoms with van der Waals surface area (Å²) in [6.45, 7) is 2.21. The van der Waals surface area contributed by atoms with Gasteiger partial charge in [-0.3, -0.25) is 9.67 Å². The first-order valence-electron chi connectivity index (χ1n) is 10.3. The fraction of sp³-hybridized carbons (Fsp3) is 0.348. The number of aryl methyl sites for hydroxylation is 1. The minimum Gasteiger partial charge on any atom is -0.411 e. The summed E-state index contributed by atoms with van der Waals surface area (Å²) in [5, 5.41) is 17.7. The van der Waals surface area contributed by atoms with Gasteiger partial charge in [0.15, 0.2) is 0 Å². The Bertz CT molecular complexity index is 1050. The molecule has 0 unspecified atom stereocenters. The Morgan fingerprint density at radius 3 is 2.55 bits per heavy atom. The first-order valence-corrected chi connectivity index (χ1v) is 10.3. The van der Waals surface area contributed by atoms with Crippen LogP contribution in [0.1, 0.15) is 36.4 Å². The van der Waals surface area contributed by atoms with E-state index in [-0.39, 0.29) is 0 Å². The normalized spacial score (nSPS) is 19.0. The molecule has 5 rings (SSSR count). The van der Waals surface area contributed by atoms with Crippen LogP contribution in [0.4, 0.5) is 0 Å². The number of oxime groups is 1. The van der Waals surface area contributed by atoms with Gasteiger partial charge in [0, 0.05) is 35.3 Å². The molecule has 6 nitrogen and oxygen atoms in total. The van der Waals surface area contributed by atoms with Crippen molar-refractivity contribution in [1.29, 1.82) is 0 Å². The highest BCUT2D eigenvalue weighted by molar-refractivity contribution is 6.04. The quantitative estimate of drug-likeness (QED) is 0.545. The van der Waals surface area contributed by atoms with Crippen molar-refractivity contribution in [3.63, 3.8) is 0 Å². The molecule has 29 heavy (non-hydrogen) atoms. The summed E-state index contributed by atoms with van der Waals surface area (Å²) >= 11 is 0. The predicted molar refractivity (Wildman–Crippen MR) is 113 cm³/mol. The number of piperidine rings is 1. The zero-order valence-electron chi connectivity index (χ0n) is 16.6. The average molecular weight is 387 g/mol. The van der Waals surface area contributed by atoms with Gasteiger partial charge in [-0.2, -0.15) is 5.10 Å². The summed E-state index contributed by atoms with van der Waals surface area (Å²) in [4.78, 5) is 6.55. The first kappa shape index (κ1) is 18.1. The van der Waals surface area contributed by atoms with Crippen molar-refractivity contribution < 1.29 is 5.21 Å². The molecule has 3 aromatic rings. The SMILES string of the molecule is CN1CCC(n2cc(-c3ccc4c(c3)CCC4=NO)c(-c3ccncc3)n2)CC1. The van der Waals surface area contributed by atoms with Crippen molar-refractivity contribution in [2.75, 3.05) is 20.1 Å². The molecule has 2 aromatic heterocycles. The van der Waals surface area contributed by atoms with E-state index < -0.39 is 0 Å². The second-order valence-corrected chi connectivity index (χ2v) is 8.06. The van der Waals surface area contributed by atoms with Crippen LogP contribution < -0.4 is 0 Å². The minimum atomic E-state index is 0.433. The Hall–Kier alpha value is -2.99. The Balaban J connectivity index is 1.58. The molecular formula is C23H25N5O. The van der Waals surface area contributed by atoms with Crippen LogP contribution in [0.3, 0.4) is 0 Å². The molecular weight excluding hydrogens is 362 g/mol. The van der Waals surface area contributed by atoms with Gasteiger partial charge in [0.05, 0.1) is 11.8 Å². The van der Waals surface area contributed by atoms with E-state index in [2.05, 4.69) is 51.2 Å². The molecule has 0 amide bonds. The third-order valence-electron chi connectivity index (χ3n) is 6.23. The van der Waals surface area contributed by atoms with Gasteiger partial charge in [-0.25, -0.2) is 0 Å². The van der Waals surface area contributed by atoms with E-state index in [0.29, 0.717) is 6.04 Å². The van der Waals surface area contributed by atoms with E-state index in [1.807, 2.05) is 24.5 Å². The number of hydrogen-bond donors (Lipinski definition) is 1. The third-order valence-corrected chi connectivity index (χ3v) is 6.23. The van der Waals surface area contributed by atoms with Crippen molar-refractivity contribution in [2.24, 2.45) is 5.16 Å². The lowest BCUT2D eigenvalue weighted by Gasteiger charge is -2.29. The van der Waals surface area contributed by atoms with E-state index in [1.54, 1.807) is 0 Å². The van der Waals surface area contributed by atoms with E-state index in [1.165, 1.54) is 5.56 Å². The van der Waals surface area contributed by atoms with Crippen LogP contribution in [-0.2, 0) is 6.42 Å². The number of benzene rings is 1. The molecule has 0 saturated carbocycles. The van der Waals surface area contributed by atoms with Crippen molar-refractivity contribution in [3.8, 4) is 22.4 Å². The van der Waals surface area contributed by atoms with Crippen molar-refractivity contribution in [1.82, 2.24) is 19.7 Å². The van der Waals surface area contributed by atoms with Gasteiger partial charge in [0.2, 0.25) is 0 Å². The second kappa shape index (κ2) is 7.44. The van der Waals surface area contributed by atoms with Crippen LogP contribution >= 0.6 is 0 Å². The van der Waals surface area contributed by atoms with Crippen molar-refractivity contribution >= 4 is 5.71 Å². The van der Waals surface area contributed by atoms with Gasteiger partial charge in [0.25, 0.3) is 0 Å². The molecule has 148 valence electrons. The summed E-state index contributed by atoms with van der Waals surface area (Å²) in [7, 11) is 2.18. The summed E-state index contributed by atoms with van der Waals surface area (Å²) < 4.78 is 2.17. The zero-order chi connectivity index (χ0) is 19.8. The van der Waals surface area contributed by atoms with Gasteiger partial charge in [-0.05, 0) is 69.1 Å². The number of likely N-dealkylation sites (tertiary alicyclic amines) is 1. The summed E-state index contributed by atoms with van der Waals surface area (Å²) in [5.41, 5.74) is 7.47. The molecule has 1 fully saturated rings. The number of fused-ring (bicyclic) bond motifs is 1. The van der Waals surface area contributed by atoms with Gasteiger partial charge < -0.3 is 10.1 Å². The molecule has 1 saturated heterocycles. The molecule has 1 N–H and O–H groups in total. The Morgan fingerprint density at radius 2 is 1.79 bits per heavy atom. The smallest absolute Gasteiger partial charge is 0.100 e. The van der Waals surface area contributed by atoms with Gasteiger partial charge in [0.1, 0.15) is 5.69 Å². The molecule has 0 atom stereocenters. The number of aromatic nitrogens is 3. The summed E-state index contributed by atoms with van der Waals surface area (Å²) in [5.74, 6) is 0. The predicted octanol–water partition coefficient (Wildman–Crippen LogP) is 4.00. The molecule has 0 spiro atoms. The first-order chi connectivity index (χ1) is 14.2. The molecule has 1 aromatic carbocycles. The maximum absolute atomic E-state index is 9.22. The number of pyridine rings is 1. The number of rotatable bonds is 3. The van der Waals surface area contributed by atoms with E-state index in [4.69, 9.17) is 5.10 Å². The fourth-order valence-corrected chi connectivity index (χ4v) is 4.51. The highest BCUT2D eigenvalue weighted by atomic mass is 16.4. The van der Waals surface area contributed by atoms with E-state index in [0.717, 1.165) is 72.4 Å².